The molecule has 45 heavy (non-hydrogen) atoms. The third-order valence-corrected chi connectivity index (χ3v) is 7.68. The molecule has 0 spiro atoms. The topological polar surface area (TPSA) is 126 Å². The summed E-state index contributed by atoms with van der Waals surface area (Å²) in [5.74, 6) is 5.16. The van der Waals surface area contributed by atoms with Gasteiger partial charge in [0.1, 0.15) is 12.1 Å². The van der Waals surface area contributed by atoms with Crippen molar-refractivity contribution >= 4 is 17.6 Å². The third-order valence-electron chi connectivity index (χ3n) is 7.68. The summed E-state index contributed by atoms with van der Waals surface area (Å²) in [6.07, 6.45) is -0.855. The molecule has 3 aromatic rings. The van der Waals surface area contributed by atoms with E-state index < -0.39 is 24.2 Å². The smallest absolute Gasteiger partial charge is 0.315 e. The monoisotopic (exact) mass is 613 g/mol. The van der Waals surface area contributed by atoms with Crippen LogP contribution in [0.4, 0.5) is 10.5 Å². The van der Waals surface area contributed by atoms with Crippen molar-refractivity contribution in [2.45, 2.75) is 44.7 Å². The van der Waals surface area contributed by atoms with E-state index in [1.807, 2.05) is 92.0 Å². The number of carbonyl (C=O) groups is 2. The van der Waals surface area contributed by atoms with Crippen molar-refractivity contribution in [2.24, 2.45) is 5.92 Å². The number of benzene rings is 3. The lowest BCUT2D eigenvalue weighted by atomic mass is 9.89. The molecule has 1 heterocycles. The normalized spacial score (nSPS) is 18.4. The van der Waals surface area contributed by atoms with Gasteiger partial charge in [0.2, 0.25) is 5.91 Å². The highest BCUT2D eigenvalue weighted by molar-refractivity contribution is 5.82. The molecule has 3 aromatic carbocycles. The SMILES string of the molecule is C[C@@H](O)[C@H]1[C@@H](CO)ON(Cc2cccc(C#CCNC(=O)NCc3ccccc3)c2)[C@H]1C(=O)NCCCN(C)c1ccccc1. The van der Waals surface area contributed by atoms with Gasteiger partial charge in [-0.3, -0.25) is 9.63 Å². The average molecular weight is 614 g/mol. The number of rotatable bonds is 13. The van der Waals surface area contributed by atoms with E-state index in [2.05, 4.69) is 32.7 Å². The van der Waals surface area contributed by atoms with Crippen LogP contribution >= 0.6 is 0 Å². The number of hydrogen-bond donors (Lipinski definition) is 5. The van der Waals surface area contributed by atoms with Crippen LogP contribution < -0.4 is 20.9 Å². The van der Waals surface area contributed by atoms with Crippen LogP contribution in [0.2, 0.25) is 0 Å². The predicted molar refractivity (Wildman–Crippen MR) is 174 cm³/mol. The Morgan fingerprint density at radius 2 is 1.69 bits per heavy atom. The molecule has 3 amide bonds. The second-order valence-electron chi connectivity index (χ2n) is 11.1. The summed E-state index contributed by atoms with van der Waals surface area (Å²) in [4.78, 5) is 33.7. The number of urea groups is 1. The summed E-state index contributed by atoms with van der Waals surface area (Å²) >= 11 is 0. The van der Waals surface area contributed by atoms with Crippen molar-refractivity contribution in [2.75, 3.05) is 38.2 Å². The maximum absolute atomic E-state index is 13.5. The number of hydrogen-bond acceptors (Lipinski definition) is 7. The first-order valence-corrected chi connectivity index (χ1v) is 15.3. The van der Waals surface area contributed by atoms with Crippen molar-refractivity contribution in [3.05, 3.63) is 102 Å². The van der Waals surface area contributed by atoms with Crippen molar-refractivity contribution in [1.29, 1.82) is 0 Å². The number of aliphatic hydroxyl groups excluding tert-OH is 2. The fraction of sp³-hybridized carbons (Fsp3) is 0.371. The van der Waals surface area contributed by atoms with Gasteiger partial charge in [-0.25, -0.2) is 4.79 Å². The number of aliphatic hydroxyl groups is 2. The van der Waals surface area contributed by atoms with Crippen LogP contribution in [0.5, 0.6) is 0 Å². The lowest BCUT2D eigenvalue weighted by molar-refractivity contribution is -0.181. The molecule has 0 unspecified atom stereocenters. The van der Waals surface area contributed by atoms with Crippen LogP contribution in [0.25, 0.3) is 0 Å². The Morgan fingerprint density at radius 3 is 2.40 bits per heavy atom. The molecule has 5 N–H and O–H groups in total. The second-order valence-corrected chi connectivity index (χ2v) is 11.1. The van der Waals surface area contributed by atoms with E-state index in [1.54, 1.807) is 12.0 Å². The largest absolute Gasteiger partial charge is 0.394 e. The van der Waals surface area contributed by atoms with E-state index in [-0.39, 0.29) is 31.6 Å². The fourth-order valence-corrected chi connectivity index (χ4v) is 5.36. The number of para-hydroxylation sites is 1. The van der Waals surface area contributed by atoms with Gasteiger partial charge in [-0.1, -0.05) is 72.5 Å². The van der Waals surface area contributed by atoms with E-state index in [9.17, 15) is 19.8 Å². The lowest BCUT2D eigenvalue weighted by Crippen LogP contribution is -2.49. The molecule has 1 aliphatic heterocycles. The highest BCUT2D eigenvalue weighted by Gasteiger charge is 2.49. The van der Waals surface area contributed by atoms with Crippen LogP contribution in [0.1, 0.15) is 30.0 Å². The van der Waals surface area contributed by atoms with Gasteiger partial charge in [0.05, 0.1) is 25.8 Å². The van der Waals surface area contributed by atoms with Gasteiger partial charge in [-0.05, 0) is 48.7 Å². The van der Waals surface area contributed by atoms with Crippen LogP contribution in [-0.2, 0) is 22.7 Å². The molecule has 238 valence electrons. The van der Waals surface area contributed by atoms with Gasteiger partial charge in [-0.2, -0.15) is 5.06 Å². The number of nitrogens with one attached hydrogen (secondary N) is 3. The number of carbonyl (C=O) groups excluding carboxylic acids is 2. The molecule has 0 saturated carbocycles. The van der Waals surface area contributed by atoms with E-state index in [1.165, 1.54) is 0 Å². The van der Waals surface area contributed by atoms with Crippen molar-refractivity contribution in [3.63, 3.8) is 0 Å². The van der Waals surface area contributed by atoms with E-state index in [4.69, 9.17) is 4.84 Å². The minimum Gasteiger partial charge on any atom is -0.394 e. The Bertz CT molecular complexity index is 1430. The van der Waals surface area contributed by atoms with Crippen LogP contribution in [0.15, 0.2) is 84.9 Å². The average Bonchev–Trinajstić information content (AvgIpc) is 3.43. The first-order valence-electron chi connectivity index (χ1n) is 15.3. The number of amides is 3. The molecule has 0 bridgehead atoms. The highest BCUT2D eigenvalue weighted by Crippen LogP contribution is 2.32. The van der Waals surface area contributed by atoms with E-state index >= 15 is 0 Å². The summed E-state index contributed by atoms with van der Waals surface area (Å²) in [5, 5.41) is 30.6. The van der Waals surface area contributed by atoms with Crippen molar-refractivity contribution in [1.82, 2.24) is 21.0 Å². The lowest BCUT2D eigenvalue weighted by Gasteiger charge is -2.26. The fourth-order valence-electron chi connectivity index (χ4n) is 5.36. The number of hydroxylamine groups is 2. The molecule has 4 rings (SSSR count). The Balaban J connectivity index is 1.32. The van der Waals surface area contributed by atoms with Crippen LogP contribution in [0, 0.1) is 17.8 Å². The third kappa shape index (κ3) is 10.1. The Labute approximate surface area is 265 Å². The summed E-state index contributed by atoms with van der Waals surface area (Å²) in [6, 6.07) is 26.1. The van der Waals surface area contributed by atoms with Crippen LogP contribution in [-0.4, -0.2) is 78.8 Å². The van der Waals surface area contributed by atoms with Gasteiger partial charge < -0.3 is 31.1 Å². The molecular weight excluding hydrogens is 570 g/mol. The molecular formula is C35H43N5O5. The predicted octanol–water partition coefficient (Wildman–Crippen LogP) is 2.65. The second kappa shape index (κ2) is 17.2. The Hall–Kier alpha value is -4.40. The van der Waals surface area contributed by atoms with Gasteiger partial charge >= 0.3 is 6.03 Å². The Kier molecular flexibility index (Phi) is 12.8. The highest BCUT2D eigenvalue weighted by atomic mass is 16.7. The van der Waals surface area contributed by atoms with Crippen LogP contribution in [0.3, 0.4) is 0 Å². The minimum absolute atomic E-state index is 0.178. The van der Waals surface area contributed by atoms with Gasteiger partial charge in [0.15, 0.2) is 0 Å². The van der Waals surface area contributed by atoms with Crippen molar-refractivity contribution < 1.29 is 24.6 Å². The molecule has 1 fully saturated rings. The number of nitrogens with zero attached hydrogens (tertiary/aromatic N) is 2. The van der Waals surface area contributed by atoms with Gasteiger partial charge in [0.25, 0.3) is 0 Å². The minimum atomic E-state index is -0.873. The maximum Gasteiger partial charge on any atom is 0.315 e. The summed E-state index contributed by atoms with van der Waals surface area (Å²) < 4.78 is 0. The molecule has 1 aliphatic rings. The molecule has 0 radical (unpaired) electrons. The van der Waals surface area contributed by atoms with E-state index in [0.29, 0.717) is 13.1 Å². The summed E-state index contributed by atoms with van der Waals surface area (Å²) in [5.41, 5.74) is 3.70. The zero-order valence-electron chi connectivity index (χ0n) is 25.9. The van der Waals surface area contributed by atoms with E-state index in [0.717, 1.165) is 35.3 Å². The molecule has 4 atom stereocenters. The maximum atomic E-state index is 13.5. The Morgan fingerprint density at radius 1 is 0.978 bits per heavy atom. The molecule has 1 saturated heterocycles. The molecule has 10 nitrogen and oxygen atoms in total. The quantitative estimate of drug-likeness (QED) is 0.148. The molecule has 0 aromatic heterocycles. The van der Waals surface area contributed by atoms with Gasteiger partial charge in [-0.15, -0.1) is 0 Å². The first kappa shape index (κ1) is 33.5. The molecule has 10 heteroatoms. The number of anilines is 1. The van der Waals surface area contributed by atoms with Gasteiger partial charge in [0, 0.05) is 43.9 Å². The summed E-state index contributed by atoms with van der Waals surface area (Å²) in [6.45, 7) is 3.37. The molecule has 0 aliphatic carbocycles. The summed E-state index contributed by atoms with van der Waals surface area (Å²) in [7, 11) is 2.01. The first-order chi connectivity index (χ1) is 21.9. The zero-order chi connectivity index (χ0) is 32.0. The standard InChI is InChI=1S/C35H43N5O5/c1-26(42)32-31(25-41)45-40(33(32)34(43)36-20-11-21-39(2)30-17-7-4-8-18-30)24-29-15-9-14-27(22-29)16-10-19-37-35(44)38-23-28-12-5-3-6-13-28/h3-9,12-15,17-18,22,26,31-33,41-42H,11,19-21,23-25H2,1-2H3,(H,36,43)(H2,37,38,44)/t26-,31-,32+,33-/m1/s1. The van der Waals surface area contributed by atoms with Crippen molar-refractivity contribution in [3.8, 4) is 11.8 Å². The zero-order valence-corrected chi connectivity index (χ0v) is 25.9.